The minimum atomic E-state index is 0. The first-order valence-corrected chi connectivity index (χ1v) is 9.28. The molecule has 1 aromatic heterocycles. The van der Waals surface area contributed by atoms with Gasteiger partial charge in [0.05, 0.1) is 10.0 Å². The van der Waals surface area contributed by atoms with E-state index in [9.17, 15) is 4.79 Å². The van der Waals surface area contributed by atoms with Gasteiger partial charge in [0, 0.05) is 46.0 Å². The number of nitrogens with one attached hydrogen (secondary N) is 1. The van der Waals surface area contributed by atoms with Crippen LogP contribution in [-0.4, -0.2) is 36.1 Å². The second-order valence-corrected chi connectivity index (χ2v) is 6.83. The highest BCUT2D eigenvalue weighted by Gasteiger charge is 2.07. The van der Waals surface area contributed by atoms with E-state index in [0.29, 0.717) is 16.6 Å². The van der Waals surface area contributed by atoms with E-state index in [0.717, 1.165) is 37.5 Å². The van der Waals surface area contributed by atoms with Crippen molar-refractivity contribution in [1.82, 2.24) is 14.8 Å². The summed E-state index contributed by atoms with van der Waals surface area (Å²) >= 11 is 12.0. The van der Waals surface area contributed by atoms with Gasteiger partial charge in [0.1, 0.15) is 0 Å². The maximum absolute atomic E-state index is 11.6. The van der Waals surface area contributed by atoms with Crippen LogP contribution in [0.5, 0.6) is 0 Å². The van der Waals surface area contributed by atoms with Gasteiger partial charge in [-0.3, -0.25) is 9.79 Å². The van der Waals surface area contributed by atoms with Crippen molar-refractivity contribution in [3.63, 3.8) is 0 Å². The Labute approximate surface area is 187 Å². The molecule has 0 aliphatic carbocycles. The van der Waals surface area contributed by atoms with E-state index in [2.05, 4.69) is 10.3 Å². The summed E-state index contributed by atoms with van der Waals surface area (Å²) in [4.78, 5) is 18.0. The average molecular weight is 523 g/mol. The third-order valence-electron chi connectivity index (χ3n) is 3.99. The maximum Gasteiger partial charge on any atom is 0.250 e. The van der Waals surface area contributed by atoms with Gasteiger partial charge in [-0.15, -0.1) is 24.0 Å². The van der Waals surface area contributed by atoms with Crippen molar-refractivity contribution in [2.24, 2.45) is 4.99 Å². The SMILES string of the molecule is CN=C(NCCCCn1ccccc1=O)N(C)Cc1ccc(Cl)c(Cl)c1.I. The van der Waals surface area contributed by atoms with E-state index >= 15 is 0 Å². The second-order valence-electron chi connectivity index (χ2n) is 6.02. The van der Waals surface area contributed by atoms with Crippen molar-refractivity contribution in [3.05, 3.63) is 68.6 Å². The number of rotatable bonds is 7. The molecular formula is C19H25Cl2IN4O. The third kappa shape index (κ3) is 7.71. The molecule has 1 N–H and O–H groups in total. The number of aryl methyl sites for hydroxylation is 1. The van der Waals surface area contributed by atoms with Crippen molar-refractivity contribution in [3.8, 4) is 0 Å². The number of halogens is 3. The monoisotopic (exact) mass is 522 g/mol. The topological polar surface area (TPSA) is 49.6 Å². The number of aliphatic imine (C=N–C) groups is 1. The summed E-state index contributed by atoms with van der Waals surface area (Å²) in [6.07, 6.45) is 3.69. The van der Waals surface area contributed by atoms with Gasteiger partial charge in [0.15, 0.2) is 5.96 Å². The number of hydrogen-bond acceptors (Lipinski definition) is 2. The van der Waals surface area contributed by atoms with Crippen molar-refractivity contribution in [1.29, 1.82) is 0 Å². The number of benzene rings is 1. The molecule has 5 nitrogen and oxygen atoms in total. The molecule has 0 atom stereocenters. The molecule has 2 aromatic rings. The van der Waals surface area contributed by atoms with Gasteiger partial charge in [-0.2, -0.15) is 0 Å². The number of hydrogen-bond donors (Lipinski definition) is 1. The molecule has 0 bridgehead atoms. The Kier molecular flexibility index (Phi) is 10.8. The molecule has 0 fully saturated rings. The van der Waals surface area contributed by atoms with E-state index in [1.54, 1.807) is 29.8 Å². The normalized spacial score (nSPS) is 11.0. The first-order valence-electron chi connectivity index (χ1n) is 8.52. The number of aromatic nitrogens is 1. The first-order chi connectivity index (χ1) is 12.5. The number of nitrogens with zero attached hydrogens (tertiary/aromatic N) is 3. The van der Waals surface area contributed by atoms with Crippen LogP contribution in [-0.2, 0) is 13.1 Å². The molecule has 0 amide bonds. The number of unbranched alkanes of at least 4 members (excludes halogenated alkanes) is 1. The fourth-order valence-corrected chi connectivity index (χ4v) is 2.94. The molecular weight excluding hydrogens is 498 g/mol. The summed E-state index contributed by atoms with van der Waals surface area (Å²) in [6.45, 7) is 2.19. The van der Waals surface area contributed by atoms with Crippen LogP contribution in [0.1, 0.15) is 18.4 Å². The second kappa shape index (κ2) is 12.3. The third-order valence-corrected chi connectivity index (χ3v) is 4.72. The van der Waals surface area contributed by atoms with E-state index < -0.39 is 0 Å². The molecule has 0 radical (unpaired) electrons. The van der Waals surface area contributed by atoms with Crippen LogP contribution < -0.4 is 10.9 Å². The zero-order valence-electron chi connectivity index (χ0n) is 15.5. The fraction of sp³-hybridized carbons (Fsp3) is 0.368. The summed E-state index contributed by atoms with van der Waals surface area (Å²) in [7, 11) is 3.73. The number of pyridine rings is 1. The lowest BCUT2D eigenvalue weighted by molar-refractivity contribution is 0.473. The molecule has 0 aliphatic heterocycles. The van der Waals surface area contributed by atoms with Gasteiger partial charge in [0.2, 0.25) is 5.56 Å². The predicted octanol–water partition coefficient (Wildman–Crippen LogP) is 4.26. The van der Waals surface area contributed by atoms with Crippen molar-refractivity contribution >= 4 is 53.1 Å². The van der Waals surface area contributed by atoms with Gasteiger partial charge in [-0.25, -0.2) is 0 Å². The van der Waals surface area contributed by atoms with Crippen LogP contribution in [0.15, 0.2) is 52.4 Å². The Hall–Kier alpha value is -1.25. The molecule has 0 saturated carbocycles. The molecule has 27 heavy (non-hydrogen) atoms. The highest BCUT2D eigenvalue weighted by molar-refractivity contribution is 14.0. The summed E-state index contributed by atoms with van der Waals surface area (Å²) < 4.78 is 1.73. The van der Waals surface area contributed by atoms with Crippen molar-refractivity contribution in [2.75, 3.05) is 20.6 Å². The van der Waals surface area contributed by atoms with Gasteiger partial charge >= 0.3 is 0 Å². The average Bonchev–Trinajstić information content (AvgIpc) is 2.62. The van der Waals surface area contributed by atoms with Crippen molar-refractivity contribution in [2.45, 2.75) is 25.9 Å². The Balaban J connectivity index is 0.00000364. The highest BCUT2D eigenvalue weighted by Crippen LogP contribution is 2.23. The van der Waals surface area contributed by atoms with Gasteiger partial charge in [-0.05, 0) is 36.6 Å². The summed E-state index contributed by atoms with van der Waals surface area (Å²) in [5.41, 5.74) is 1.10. The Morgan fingerprint density at radius 3 is 2.63 bits per heavy atom. The smallest absolute Gasteiger partial charge is 0.250 e. The summed E-state index contributed by atoms with van der Waals surface area (Å²) in [5.74, 6) is 0.813. The lowest BCUT2D eigenvalue weighted by Crippen LogP contribution is -2.38. The van der Waals surface area contributed by atoms with E-state index in [1.165, 1.54) is 0 Å². The Bertz CT molecular complexity index is 810. The zero-order valence-corrected chi connectivity index (χ0v) is 19.3. The molecule has 0 saturated heterocycles. The molecule has 0 unspecified atom stereocenters. The quantitative estimate of drug-likeness (QED) is 0.256. The van der Waals surface area contributed by atoms with E-state index in [1.807, 2.05) is 36.3 Å². The van der Waals surface area contributed by atoms with Crippen LogP contribution in [0.3, 0.4) is 0 Å². The Morgan fingerprint density at radius 1 is 1.19 bits per heavy atom. The lowest BCUT2D eigenvalue weighted by atomic mass is 10.2. The molecule has 148 valence electrons. The van der Waals surface area contributed by atoms with Crippen LogP contribution >= 0.6 is 47.2 Å². The lowest BCUT2D eigenvalue weighted by Gasteiger charge is -2.22. The van der Waals surface area contributed by atoms with Crippen LogP contribution in [0.2, 0.25) is 10.0 Å². The van der Waals surface area contributed by atoms with Gasteiger partial charge in [0.25, 0.3) is 0 Å². The minimum absolute atomic E-state index is 0. The van der Waals surface area contributed by atoms with Crippen LogP contribution in [0, 0.1) is 0 Å². The van der Waals surface area contributed by atoms with Gasteiger partial charge in [-0.1, -0.05) is 35.3 Å². The molecule has 1 heterocycles. The molecule has 1 aromatic carbocycles. The largest absolute Gasteiger partial charge is 0.356 e. The predicted molar refractivity (Wildman–Crippen MR) is 125 cm³/mol. The Morgan fingerprint density at radius 2 is 1.96 bits per heavy atom. The molecule has 2 rings (SSSR count). The van der Waals surface area contributed by atoms with E-state index in [4.69, 9.17) is 23.2 Å². The van der Waals surface area contributed by atoms with Crippen LogP contribution in [0.4, 0.5) is 0 Å². The summed E-state index contributed by atoms with van der Waals surface area (Å²) in [6, 6.07) is 10.8. The minimum Gasteiger partial charge on any atom is -0.356 e. The highest BCUT2D eigenvalue weighted by atomic mass is 127. The van der Waals surface area contributed by atoms with E-state index in [-0.39, 0.29) is 29.5 Å². The van der Waals surface area contributed by atoms with Crippen molar-refractivity contribution < 1.29 is 0 Å². The molecule has 0 aliphatic rings. The standard InChI is InChI=1S/C19H24Cl2N4O.HI/c1-22-19(24(2)14-15-8-9-16(20)17(21)13-15)23-10-4-6-12-25-11-5-3-7-18(25)26;/h3,5,7-9,11,13H,4,6,10,12,14H2,1-2H3,(H,22,23);1H. The fourth-order valence-electron chi connectivity index (χ4n) is 2.62. The first kappa shape index (κ1) is 23.8. The number of guanidine groups is 1. The molecule has 0 spiro atoms. The van der Waals surface area contributed by atoms with Gasteiger partial charge < -0.3 is 14.8 Å². The zero-order chi connectivity index (χ0) is 18.9. The molecule has 8 heteroatoms. The summed E-state index contributed by atoms with van der Waals surface area (Å²) in [5, 5.41) is 4.45. The van der Waals surface area contributed by atoms with Crippen LogP contribution in [0.25, 0.3) is 0 Å². The maximum atomic E-state index is 11.6.